The Labute approximate surface area is 320 Å². The third-order valence-electron chi connectivity index (χ3n) is 12.8. The van der Waals surface area contributed by atoms with E-state index in [0.717, 1.165) is 6.92 Å². The van der Waals surface area contributed by atoms with Gasteiger partial charge in [-0.05, 0) is 61.0 Å². The minimum Gasteiger partial charge on any atom is -0.456 e. The number of amides is 1. The van der Waals surface area contributed by atoms with Gasteiger partial charge in [0.2, 0.25) is 8.32 Å². The second-order valence-electron chi connectivity index (χ2n) is 16.8. The number of carbonyl (C=O) groups is 4. The molecule has 14 nitrogen and oxygen atoms in total. The predicted octanol–water partition coefficient (Wildman–Crippen LogP) is 0.705. The van der Waals surface area contributed by atoms with Crippen molar-refractivity contribution in [2.45, 2.75) is 114 Å². The molecule has 0 radical (unpaired) electrons. The number of aliphatic hydroxyl groups is 5. The highest BCUT2D eigenvalue weighted by atomic mass is 28.4. The molecule has 2 aromatic carbocycles. The Morgan fingerprint density at radius 1 is 0.982 bits per heavy atom. The number of ether oxygens (including phenoxy) is 3. The van der Waals surface area contributed by atoms with E-state index in [1.807, 2.05) is 0 Å². The largest absolute Gasteiger partial charge is 0.456 e. The third kappa shape index (κ3) is 6.47. The highest BCUT2D eigenvalue weighted by Gasteiger charge is 2.75. The zero-order valence-electron chi connectivity index (χ0n) is 32.0. The van der Waals surface area contributed by atoms with Crippen LogP contribution in [0.5, 0.6) is 0 Å². The van der Waals surface area contributed by atoms with Crippen molar-refractivity contribution in [2.75, 3.05) is 6.61 Å². The smallest absolute Gasteiger partial charge is 0.338 e. The molecule has 55 heavy (non-hydrogen) atoms. The highest BCUT2D eigenvalue weighted by molar-refractivity contribution is 6.83. The van der Waals surface area contributed by atoms with Crippen LogP contribution in [0.25, 0.3) is 0 Å². The van der Waals surface area contributed by atoms with Crippen molar-refractivity contribution < 1.29 is 63.7 Å². The zero-order chi connectivity index (χ0) is 40.6. The number of hydrogen-bond donors (Lipinski definition) is 7. The zero-order valence-corrected chi connectivity index (χ0v) is 33.0. The lowest BCUT2D eigenvalue weighted by atomic mass is 9.45. The van der Waals surface area contributed by atoms with E-state index < -0.39 is 109 Å². The summed E-state index contributed by atoms with van der Waals surface area (Å²) in [6.45, 7) is 10.2. The second-order valence-corrected chi connectivity index (χ2v) is 20.5. The fourth-order valence-corrected chi connectivity index (χ4v) is 10.3. The molecule has 3 aliphatic carbocycles. The number of aliphatic hydroxyl groups excluding tert-OH is 3. The highest BCUT2D eigenvalue weighted by Crippen LogP contribution is 2.62. The Balaban J connectivity index is 1.42. The van der Waals surface area contributed by atoms with Gasteiger partial charge in [0.15, 0.2) is 18.0 Å². The van der Waals surface area contributed by atoms with Crippen molar-refractivity contribution in [2.24, 2.45) is 16.7 Å². The first-order valence-corrected chi connectivity index (χ1v) is 21.4. The third-order valence-corrected chi connectivity index (χ3v) is 14.5. The fraction of sp³-hybridized carbons (Fsp3) is 0.550. The summed E-state index contributed by atoms with van der Waals surface area (Å²) < 4.78 is 17.2. The molecule has 0 aromatic heterocycles. The molecule has 15 heteroatoms. The van der Waals surface area contributed by atoms with E-state index in [0.29, 0.717) is 10.8 Å². The van der Waals surface area contributed by atoms with Gasteiger partial charge in [0.05, 0.1) is 36.4 Å². The van der Waals surface area contributed by atoms with Gasteiger partial charge in [0, 0.05) is 36.7 Å². The van der Waals surface area contributed by atoms with E-state index in [1.165, 1.54) is 13.8 Å². The monoisotopic (exact) mass is 781 g/mol. The first kappa shape index (κ1) is 40.8. The van der Waals surface area contributed by atoms with Crippen molar-refractivity contribution in [3.8, 4) is 0 Å². The SMILES string of the molecule is CC(=O)O[C@H]1C(=O)[C@@]2(C)[C@H]([C@H](O)[C@]3(O)C[C@H](OC(=O)[C@H](O)[C@@H](NC(=O)c4ccccc4)c4ccc([Si](C)(C)O)cc4)C(C)=C1C3(C)C)[C@]1(O)CO[C@@H]1C[C@@H]2O. The van der Waals surface area contributed by atoms with Gasteiger partial charge < -0.3 is 49.9 Å². The Morgan fingerprint density at radius 2 is 1.60 bits per heavy atom. The molecule has 1 aliphatic heterocycles. The number of hydrogen-bond acceptors (Lipinski definition) is 13. The van der Waals surface area contributed by atoms with Gasteiger partial charge in [-0.25, -0.2) is 4.79 Å². The summed E-state index contributed by atoms with van der Waals surface area (Å²) in [6.07, 6.45) is -10.2. The van der Waals surface area contributed by atoms with Gasteiger partial charge in [0.1, 0.15) is 17.3 Å². The molecular formula is C40H51NO13Si. The topological polar surface area (TPSA) is 229 Å². The van der Waals surface area contributed by atoms with Crippen molar-refractivity contribution >= 4 is 37.1 Å². The van der Waals surface area contributed by atoms with Crippen LogP contribution in [0.15, 0.2) is 65.7 Å². The number of benzene rings is 2. The van der Waals surface area contributed by atoms with E-state index >= 15 is 0 Å². The van der Waals surface area contributed by atoms with E-state index in [1.54, 1.807) is 81.5 Å². The number of ketones is 1. The van der Waals surface area contributed by atoms with Gasteiger partial charge in [-0.1, -0.05) is 56.3 Å². The summed E-state index contributed by atoms with van der Waals surface area (Å²) in [6, 6.07) is 13.2. The molecule has 0 unspecified atom stereocenters. The average molecular weight is 782 g/mol. The number of fused-ring (bicyclic) bond motifs is 5. The summed E-state index contributed by atoms with van der Waals surface area (Å²) in [7, 11) is -2.74. The standard InChI is InChI=1S/C40H51NO13Si/c1-20-25(54-36(48)30(44)29(41-35(47)23-11-9-8-10-12-23)22-13-15-24(16-14-22)55(6,7)51)18-40(50)34(46)32-38(5,26(43)17-27-39(32,49)19-52-27)33(45)31(53-21(2)42)28(20)37(40,3)4/h8-16,25-27,29-32,34,43-44,46,49-51H,17-19H2,1-7H3,(H,41,47)/t25-,26-,27+,29-,30+,31+,32-,34-,38+,39-,40+/m0/s1. The number of rotatable bonds is 8. The van der Waals surface area contributed by atoms with Crippen LogP contribution in [-0.4, -0.2) is 117 Å². The van der Waals surface area contributed by atoms with Crippen molar-refractivity contribution in [1.29, 1.82) is 0 Å². The van der Waals surface area contributed by atoms with Crippen molar-refractivity contribution in [3.63, 3.8) is 0 Å². The first-order chi connectivity index (χ1) is 25.5. The number of esters is 2. The van der Waals surface area contributed by atoms with Crippen LogP contribution >= 0.6 is 0 Å². The van der Waals surface area contributed by atoms with Gasteiger partial charge in [-0.3, -0.25) is 14.4 Å². The molecule has 298 valence electrons. The lowest BCUT2D eigenvalue weighted by Crippen LogP contribution is -2.80. The minimum absolute atomic E-state index is 0.0268. The molecule has 11 atom stereocenters. The molecule has 2 aromatic rings. The lowest BCUT2D eigenvalue weighted by molar-refractivity contribution is -0.344. The van der Waals surface area contributed by atoms with E-state index in [2.05, 4.69) is 5.32 Å². The second kappa shape index (κ2) is 14.0. The molecule has 1 amide bonds. The molecule has 4 aliphatic rings. The Bertz CT molecular complexity index is 1890. The van der Waals surface area contributed by atoms with Crippen LogP contribution in [0.2, 0.25) is 13.1 Å². The maximum Gasteiger partial charge on any atom is 0.338 e. The molecule has 1 saturated heterocycles. The molecule has 1 heterocycles. The summed E-state index contributed by atoms with van der Waals surface area (Å²) >= 11 is 0. The molecule has 2 saturated carbocycles. The maximum absolute atomic E-state index is 14.8. The van der Waals surface area contributed by atoms with Gasteiger partial charge in [-0.2, -0.15) is 0 Å². The van der Waals surface area contributed by atoms with Gasteiger partial charge >= 0.3 is 11.9 Å². The minimum atomic E-state index is -2.74. The first-order valence-electron chi connectivity index (χ1n) is 18.4. The summed E-state index contributed by atoms with van der Waals surface area (Å²) in [5.41, 5.74) is -6.87. The van der Waals surface area contributed by atoms with Crippen LogP contribution in [0.3, 0.4) is 0 Å². The van der Waals surface area contributed by atoms with Crippen LogP contribution < -0.4 is 10.5 Å². The van der Waals surface area contributed by atoms with E-state index in [-0.39, 0.29) is 29.7 Å². The lowest BCUT2D eigenvalue weighted by Gasteiger charge is -2.66. The summed E-state index contributed by atoms with van der Waals surface area (Å²) in [4.78, 5) is 65.5. The molecule has 2 bridgehead atoms. The van der Waals surface area contributed by atoms with Crippen LogP contribution in [0.4, 0.5) is 0 Å². The number of nitrogens with one attached hydrogen (secondary N) is 1. The maximum atomic E-state index is 14.8. The molecule has 3 fully saturated rings. The Hall–Kier alpha value is -3.80. The van der Waals surface area contributed by atoms with Crippen LogP contribution in [0.1, 0.15) is 69.4 Å². The molecule has 6 rings (SSSR count). The Kier molecular flexibility index (Phi) is 10.4. The normalized spacial score (nSPS) is 35.1. The van der Waals surface area contributed by atoms with Crippen molar-refractivity contribution in [3.05, 3.63) is 76.9 Å². The summed E-state index contributed by atoms with van der Waals surface area (Å²) in [5, 5.41) is 63.6. The predicted molar refractivity (Wildman–Crippen MR) is 198 cm³/mol. The fourth-order valence-electron chi connectivity index (χ4n) is 9.34. The van der Waals surface area contributed by atoms with E-state index in [9.17, 15) is 49.5 Å². The van der Waals surface area contributed by atoms with Crippen LogP contribution in [0, 0.1) is 16.7 Å². The van der Waals surface area contributed by atoms with Gasteiger partial charge in [-0.15, -0.1) is 0 Å². The number of carbonyl (C=O) groups excluding carboxylic acids is 4. The average Bonchev–Trinajstić information content (AvgIpc) is 3.12. The molecular weight excluding hydrogens is 731 g/mol. The quantitative estimate of drug-likeness (QED) is 0.111. The van der Waals surface area contributed by atoms with Gasteiger partial charge in [0.25, 0.3) is 5.91 Å². The molecule has 0 spiro atoms. The molecule has 7 N–H and O–H groups in total. The Morgan fingerprint density at radius 3 is 2.15 bits per heavy atom. The van der Waals surface area contributed by atoms with E-state index in [4.69, 9.17) is 14.2 Å². The summed E-state index contributed by atoms with van der Waals surface area (Å²) in [5.74, 6) is -5.04. The van der Waals surface area contributed by atoms with Crippen LogP contribution in [-0.2, 0) is 28.6 Å². The van der Waals surface area contributed by atoms with Crippen molar-refractivity contribution in [1.82, 2.24) is 5.32 Å². The number of Topliss-reactive ketones (excluding diaryl/α,β-unsaturated/α-hetero) is 1.